The highest BCUT2D eigenvalue weighted by Gasteiger charge is 2.43. The average molecular weight is 527 g/mol. The summed E-state index contributed by atoms with van der Waals surface area (Å²) in [5, 5.41) is 0.349. The molecule has 0 bridgehead atoms. The molecular weight excluding hydrogens is 507 g/mol. The number of nitrogens with zero attached hydrogens (tertiary/aromatic N) is 2. The molecule has 1 aliphatic heterocycles. The van der Waals surface area contributed by atoms with Gasteiger partial charge in [-0.05, 0) is 66.2 Å². The molecule has 0 aromatic heterocycles. The predicted octanol–water partition coefficient (Wildman–Crippen LogP) is 6.64. The highest BCUT2D eigenvalue weighted by molar-refractivity contribution is 6.46. The van der Waals surface area contributed by atoms with Gasteiger partial charge in [0.1, 0.15) is 23.7 Å². The Bertz CT molecular complexity index is 1490. The van der Waals surface area contributed by atoms with Crippen molar-refractivity contribution < 1.29 is 23.5 Å². The van der Waals surface area contributed by atoms with Crippen LogP contribution in [0, 0.1) is 5.82 Å². The molecule has 38 heavy (non-hydrogen) atoms. The van der Waals surface area contributed by atoms with Crippen molar-refractivity contribution >= 4 is 46.9 Å². The van der Waals surface area contributed by atoms with Crippen molar-refractivity contribution in [1.82, 2.24) is 0 Å². The number of urea groups is 1. The van der Waals surface area contributed by atoms with Crippen LogP contribution in [0.1, 0.15) is 11.1 Å². The lowest BCUT2D eigenvalue weighted by molar-refractivity contribution is -0.121. The number of amides is 4. The molecule has 188 valence electrons. The van der Waals surface area contributed by atoms with Gasteiger partial charge in [-0.1, -0.05) is 60.1 Å². The van der Waals surface area contributed by atoms with E-state index < -0.39 is 23.7 Å². The molecule has 4 amide bonds. The number of halogens is 2. The minimum atomic E-state index is -0.789. The number of anilines is 2. The van der Waals surface area contributed by atoms with Crippen molar-refractivity contribution in [2.75, 3.05) is 9.80 Å². The Kier molecular flexibility index (Phi) is 7.02. The number of para-hydroxylation sites is 2. The van der Waals surface area contributed by atoms with E-state index >= 15 is 0 Å². The number of rotatable bonds is 6. The number of benzene rings is 4. The zero-order valence-corrected chi connectivity index (χ0v) is 20.6. The van der Waals surface area contributed by atoms with E-state index in [4.69, 9.17) is 16.3 Å². The Morgan fingerprint density at radius 2 is 1.34 bits per heavy atom. The van der Waals surface area contributed by atoms with Crippen molar-refractivity contribution in [3.05, 3.63) is 131 Å². The summed E-state index contributed by atoms with van der Waals surface area (Å²) in [6, 6.07) is 26.7. The van der Waals surface area contributed by atoms with Gasteiger partial charge in [-0.25, -0.2) is 19.0 Å². The lowest BCUT2D eigenvalue weighted by atomic mass is 10.0. The Morgan fingerprint density at radius 3 is 1.92 bits per heavy atom. The maximum Gasteiger partial charge on any atom is 0.343 e. The third-order valence-corrected chi connectivity index (χ3v) is 6.07. The normalized spacial score (nSPS) is 13.6. The number of carbonyl (C=O) groups is 3. The molecule has 0 unspecified atom stereocenters. The molecular formula is C30H20ClFN2O4. The second-order valence-corrected chi connectivity index (χ2v) is 8.83. The van der Waals surface area contributed by atoms with Gasteiger partial charge >= 0.3 is 6.03 Å². The highest BCUT2D eigenvalue weighted by atomic mass is 35.5. The summed E-state index contributed by atoms with van der Waals surface area (Å²) < 4.78 is 19.5. The second kappa shape index (κ2) is 10.7. The second-order valence-electron chi connectivity index (χ2n) is 8.39. The van der Waals surface area contributed by atoms with Gasteiger partial charge in [0.2, 0.25) is 0 Å². The highest BCUT2D eigenvalue weighted by Crippen LogP contribution is 2.32. The van der Waals surface area contributed by atoms with E-state index in [0.717, 1.165) is 9.80 Å². The van der Waals surface area contributed by atoms with E-state index in [0.29, 0.717) is 33.3 Å². The van der Waals surface area contributed by atoms with Gasteiger partial charge in [0.25, 0.3) is 11.8 Å². The minimum absolute atomic E-state index is 0.0439. The fourth-order valence-electron chi connectivity index (χ4n) is 4.05. The van der Waals surface area contributed by atoms with Crippen LogP contribution in [-0.2, 0) is 16.2 Å². The first-order chi connectivity index (χ1) is 18.4. The van der Waals surface area contributed by atoms with Gasteiger partial charge in [-0.3, -0.25) is 9.59 Å². The molecule has 4 aromatic rings. The Morgan fingerprint density at radius 1 is 0.737 bits per heavy atom. The first-order valence-corrected chi connectivity index (χ1v) is 12.0. The molecule has 0 radical (unpaired) electrons. The number of hydrogen-bond acceptors (Lipinski definition) is 4. The summed E-state index contributed by atoms with van der Waals surface area (Å²) in [4.78, 5) is 42.6. The van der Waals surface area contributed by atoms with E-state index in [2.05, 4.69) is 0 Å². The molecule has 4 aromatic carbocycles. The Balaban J connectivity index is 1.58. The van der Waals surface area contributed by atoms with Gasteiger partial charge in [0.05, 0.1) is 11.4 Å². The largest absolute Gasteiger partial charge is 0.488 e. The van der Waals surface area contributed by atoms with E-state index in [1.54, 1.807) is 91.0 Å². The molecule has 1 aliphatic rings. The fourth-order valence-corrected chi connectivity index (χ4v) is 4.23. The van der Waals surface area contributed by atoms with E-state index in [1.165, 1.54) is 18.2 Å². The standard InChI is InChI=1S/C30H20ClFN2O4/c31-22-14-15-27(38-19-20-8-7-9-23(32)16-20)21(17-22)18-26-28(35)33(24-10-3-1-4-11-24)30(37)34(29(26)36)25-12-5-2-6-13-25/h1-18H,19H2. The third kappa shape index (κ3) is 5.05. The molecule has 6 nitrogen and oxygen atoms in total. The first kappa shape index (κ1) is 24.9. The number of carbonyl (C=O) groups excluding carboxylic acids is 3. The molecule has 1 fully saturated rings. The van der Waals surface area contributed by atoms with Crippen LogP contribution in [0.2, 0.25) is 5.02 Å². The van der Waals surface area contributed by atoms with Crippen LogP contribution >= 0.6 is 11.6 Å². The number of barbiturate groups is 1. The summed E-state index contributed by atoms with van der Waals surface area (Å²) in [5.41, 5.74) is 1.32. The molecule has 0 N–H and O–H groups in total. The van der Waals surface area contributed by atoms with E-state index in [9.17, 15) is 18.8 Å². The Hall–Kier alpha value is -4.75. The molecule has 1 heterocycles. The number of ether oxygens (including phenoxy) is 1. The molecule has 0 spiro atoms. The topological polar surface area (TPSA) is 66.9 Å². The van der Waals surface area contributed by atoms with Crippen molar-refractivity contribution in [3.8, 4) is 5.75 Å². The third-order valence-electron chi connectivity index (χ3n) is 5.83. The molecule has 5 rings (SSSR count). The summed E-state index contributed by atoms with van der Waals surface area (Å²) in [5.74, 6) is -1.64. The van der Waals surface area contributed by atoms with Crippen molar-refractivity contribution in [2.45, 2.75) is 6.61 Å². The lowest BCUT2D eigenvalue weighted by Gasteiger charge is -2.34. The maximum atomic E-state index is 13.6. The summed E-state index contributed by atoms with van der Waals surface area (Å²) in [6.45, 7) is 0.0439. The van der Waals surface area contributed by atoms with Crippen LogP contribution in [0.3, 0.4) is 0 Å². The molecule has 8 heteroatoms. The van der Waals surface area contributed by atoms with Crippen LogP contribution in [0.15, 0.2) is 109 Å². The first-order valence-electron chi connectivity index (χ1n) is 11.6. The minimum Gasteiger partial charge on any atom is -0.488 e. The van der Waals surface area contributed by atoms with Crippen molar-refractivity contribution in [1.29, 1.82) is 0 Å². The quantitative estimate of drug-likeness (QED) is 0.209. The zero-order chi connectivity index (χ0) is 26.6. The molecule has 0 aliphatic carbocycles. The SMILES string of the molecule is O=C1C(=Cc2cc(Cl)ccc2OCc2cccc(F)c2)C(=O)N(c2ccccc2)C(=O)N1c1ccccc1. The van der Waals surface area contributed by atoms with Crippen LogP contribution in [0.25, 0.3) is 6.08 Å². The van der Waals surface area contributed by atoms with Gasteiger partial charge in [0, 0.05) is 10.6 Å². The lowest BCUT2D eigenvalue weighted by Crippen LogP contribution is -2.57. The van der Waals surface area contributed by atoms with Gasteiger partial charge in [-0.2, -0.15) is 0 Å². The van der Waals surface area contributed by atoms with E-state index in [-0.39, 0.29) is 12.2 Å². The van der Waals surface area contributed by atoms with Crippen LogP contribution in [-0.4, -0.2) is 17.8 Å². The summed E-state index contributed by atoms with van der Waals surface area (Å²) in [6.07, 6.45) is 1.36. The van der Waals surface area contributed by atoms with Crippen LogP contribution in [0.5, 0.6) is 5.75 Å². The summed E-state index contributed by atoms with van der Waals surface area (Å²) in [7, 11) is 0. The maximum absolute atomic E-state index is 13.6. The monoisotopic (exact) mass is 526 g/mol. The Labute approximate surface area is 223 Å². The predicted molar refractivity (Wildman–Crippen MR) is 143 cm³/mol. The van der Waals surface area contributed by atoms with Crippen LogP contribution < -0.4 is 14.5 Å². The van der Waals surface area contributed by atoms with Gasteiger partial charge in [-0.15, -0.1) is 0 Å². The number of imide groups is 2. The smallest absolute Gasteiger partial charge is 0.343 e. The van der Waals surface area contributed by atoms with E-state index in [1.807, 2.05) is 0 Å². The van der Waals surface area contributed by atoms with Crippen molar-refractivity contribution in [2.24, 2.45) is 0 Å². The van der Waals surface area contributed by atoms with Crippen LogP contribution in [0.4, 0.5) is 20.6 Å². The summed E-state index contributed by atoms with van der Waals surface area (Å²) >= 11 is 6.24. The zero-order valence-electron chi connectivity index (χ0n) is 19.9. The van der Waals surface area contributed by atoms with Crippen molar-refractivity contribution in [3.63, 3.8) is 0 Å². The van der Waals surface area contributed by atoms with Gasteiger partial charge in [0.15, 0.2) is 0 Å². The fraction of sp³-hybridized carbons (Fsp3) is 0.0333. The molecule has 1 saturated heterocycles. The molecule has 0 saturated carbocycles. The van der Waals surface area contributed by atoms with Gasteiger partial charge < -0.3 is 4.74 Å². The average Bonchev–Trinajstić information content (AvgIpc) is 2.92. The number of hydrogen-bond donors (Lipinski definition) is 0. The molecule has 0 atom stereocenters.